The van der Waals surface area contributed by atoms with Crippen LogP contribution in [0.2, 0.25) is 0 Å². The van der Waals surface area contributed by atoms with E-state index in [9.17, 15) is 0 Å². The molecular formula is C48H34N2. The number of nitrogens with zero attached hydrogens (tertiary/aromatic N) is 2. The van der Waals surface area contributed by atoms with Crippen LogP contribution in [0.4, 0.5) is 17.1 Å². The van der Waals surface area contributed by atoms with E-state index in [0.29, 0.717) is 0 Å². The van der Waals surface area contributed by atoms with Crippen molar-refractivity contribution in [3.05, 3.63) is 181 Å². The second-order valence-corrected chi connectivity index (χ2v) is 14.0. The number of para-hydroxylation sites is 1. The monoisotopic (exact) mass is 638 g/mol. The summed E-state index contributed by atoms with van der Waals surface area (Å²) in [7, 11) is 0. The van der Waals surface area contributed by atoms with E-state index in [1.165, 1.54) is 77.5 Å². The molecule has 1 aromatic heterocycles. The highest BCUT2D eigenvalue weighted by molar-refractivity contribution is 6.18. The Morgan fingerprint density at radius 3 is 1.86 bits per heavy atom. The first kappa shape index (κ1) is 28.7. The van der Waals surface area contributed by atoms with Crippen molar-refractivity contribution in [1.82, 2.24) is 4.98 Å². The molecule has 7 aromatic carbocycles. The van der Waals surface area contributed by atoms with Gasteiger partial charge in [-0.2, -0.15) is 0 Å². The zero-order valence-electron chi connectivity index (χ0n) is 28.1. The molecule has 0 saturated heterocycles. The molecule has 236 valence electrons. The van der Waals surface area contributed by atoms with Crippen molar-refractivity contribution in [3.8, 4) is 55.6 Å². The van der Waals surface area contributed by atoms with Gasteiger partial charge >= 0.3 is 0 Å². The van der Waals surface area contributed by atoms with Gasteiger partial charge in [-0.15, -0.1) is 0 Å². The third-order valence-corrected chi connectivity index (χ3v) is 10.9. The van der Waals surface area contributed by atoms with Crippen molar-refractivity contribution in [1.29, 1.82) is 0 Å². The second-order valence-electron chi connectivity index (χ2n) is 14.0. The normalized spacial score (nSPS) is 13.2. The van der Waals surface area contributed by atoms with Crippen LogP contribution in [0.15, 0.2) is 170 Å². The number of hydrogen-bond donors (Lipinski definition) is 0. The Bertz CT molecular complexity index is 2550. The molecule has 10 rings (SSSR count). The highest BCUT2D eigenvalue weighted by Gasteiger charge is 2.35. The molecular weight excluding hydrogens is 605 g/mol. The number of fused-ring (bicyclic) bond motifs is 6. The molecule has 0 bridgehead atoms. The first-order valence-corrected chi connectivity index (χ1v) is 17.4. The van der Waals surface area contributed by atoms with Gasteiger partial charge in [-0.1, -0.05) is 123 Å². The lowest BCUT2D eigenvalue weighted by Crippen LogP contribution is -2.14. The summed E-state index contributed by atoms with van der Waals surface area (Å²) in [5.41, 5.74) is 18.6. The van der Waals surface area contributed by atoms with Gasteiger partial charge in [0, 0.05) is 23.0 Å². The molecule has 0 fully saturated rings. The molecule has 0 atom stereocenters. The molecule has 0 N–H and O–H groups in total. The van der Waals surface area contributed by atoms with Gasteiger partial charge in [0.1, 0.15) is 0 Å². The lowest BCUT2D eigenvalue weighted by Gasteiger charge is -2.27. The van der Waals surface area contributed by atoms with E-state index in [2.05, 4.69) is 175 Å². The third-order valence-electron chi connectivity index (χ3n) is 10.9. The maximum absolute atomic E-state index is 4.54. The number of pyridine rings is 1. The predicted molar refractivity (Wildman–Crippen MR) is 209 cm³/mol. The Labute approximate surface area is 293 Å². The van der Waals surface area contributed by atoms with Gasteiger partial charge in [0.2, 0.25) is 0 Å². The highest BCUT2D eigenvalue weighted by Crippen LogP contribution is 2.52. The smallest absolute Gasteiger partial charge is 0.0644 e. The van der Waals surface area contributed by atoms with E-state index in [4.69, 9.17) is 0 Å². The third kappa shape index (κ3) is 4.25. The molecule has 0 spiro atoms. The molecule has 1 heterocycles. The quantitative estimate of drug-likeness (QED) is 0.186. The summed E-state index contributed by atoms with van der Waals surface area (Å²) in [5.74, 6) is 0. The summed E-state index contributed by atoms with van der Waals surface area (Å²) in [4.78, 5) is 6.86. The Morgan fingerprint density at radius 2 is 1.06 bits per heavy atom. The Kier molecular flexibility index (Phi) is 6.25. The van der Waals surface area contributed by atoms with Crippen molar-refractivity contribution in [2.24, 2.45) is 0 Å². The van der Waals surface area contributed by atoms with E-state index in [-0.39, 0.29) is 5.41 Å². The second kappa shape index (κ2) is 10.9. The fourth-order valence-corrected chi connectivity index (χ4v) is 8.52. The van der Waals surface area contributed by atoms with Gasteiger partial charge in [-0.05, 0) is 126 Å². The first-order valence-electron chi connectivity index (χ1n) is 17.4. The SMILES string of the molecule is CC1(C)c2ccccc2-c2ccc(-c3cc(-c4ccc5c6c(cccc46)-c4ccccc4-5)cc(N(c4ccccc4)c4cccnc4)c3)cc21. The van der Waals surface area contributed by atoms with Gasteiger partial charge < -0.3 is 4.90 Å². The average molecular weight is 639 g/mol. The molecule has 8 aromatic rings. The Balaban J connectivity index is 1.22. The Morgan fingerprint density at radius 1 is 0.420 bits per heavy atom. The molecule has 0 amide bonds. The number of aromatic nitrogens is 1. The highest BCUT2D eigenvalue weighted by atomic mass is 15.1. The van der Waals surface area contributed by atoms with Crippen molar-refractivity contribution in [3.63, 3.8) is 0 Å². The van der Waals surface area contributed by atoms with Crippen LogP contribution >= 0.6 is 0 Å². The minimum absolute atomic E-state index is 0.0825. The lowest BCUT2D eigenvalue weighted by atomic mass is 9.81. The van der Waals surface area contributed by atoms with Crippen LogP contribution < -0.4 is 4.90 Å². The maximum atomic E-state index is 4.54. The summed E-state index contributed by atoms with van der Waals surface area (Å²) in [6.07, 6.45) is 3.79. The van der Waals surface area contributed by atoms with E-state index in [0.717, 1.165) is 17.1 Å². The van der Waals surface area contributed by atoms with Crippen LogP contribution in [-0.2, 0) is 5.41 Å². The summed E-state index contributed by atoms with van der Waals surface area (Å²) in [6, 6.07) is 58.0. The standard InChI is InChI=1S/C48H34N2/c1-48(2)45-20-9-8-17-40(45)41-22-21-31(29-46(41)48)32-26-33(28-36(27-32)50(34-12-4-3-5-13-34)35-14-11-25-49-30-35)37-23-24-44-39-16-7-6-15-38(39)43-19-10-18-42(37)47(43)44/h3-30H,1-2H3. The molecule has 2 nitrogen and oxygen atoms in total. The van der Waals surface area contributed by atoms with Gasteiger partial charge in [-0.25, -0.2) is 0 Å². The number of hydrogen-bond acceptors (Lipinski definition) is 2. The summed E-state index contributed by atoms with van der Waals surface area (Å²) in [5, 5.41) is 2.61. The minimum atomic E-state index is -0.0825. The van der Waals surface area contributed by atoms with Crippen LogP contribution in [0.25, 0.3) is 66.4 Å². The zero-order valence-corrected chi connectivity index (χ0v) is 28.1. The van der Waals surface area contributed by atoms with Crippen molar-refractivity contribution < 1.29 is 0 Å². The maximum Gasteiger partial charge on any atom is 0.0644 e. The fourth-order valence-electron chi connectivity index (χ4n) is 8.52. The van der Waals surface area contributed by atoms with Crippen molar-refractivity contribution >= 4 is 27.8 Å². The van der Waals surface area contributed by atoms with Gasteiger partial charge in [0.15, 0.2) is 0 Å². The van der Waals surface area contributed by atoms with Gasteiger partial charge in [0.25, 0.3) is 0 Å². The largest absolute Gasteiger partial charge is 0.309 e. The molecule has 2 heteroatoms. The van der Waals surface area contributed by atoms with Crippen molar-refractivity contribution in [2.45, 2.75) is 19.3 Å². The molecule has 50 heavy (non-hydrogen) atoms. The van der Waals surface area contributed by atoms with E-state index in [1.807, 2.05) is 18.5 Å². The zero-order chi connectivity index (χ0) is 33.4. The van der Waals surface area contributed by atoms with Crippen LogP contribution in [0.1, 0.15) is 25.0 Å². The number of rotatable bonds is 5. The minimum Gasteiger partial charge on any atom is -0.309 e. The lowest BCUT2D eigenvalue weighted by molar-refractivity contribution is 0.660. The van der Waals surface area contributed by atoms with E-state index < -0.39 is 0 Å². The van der Waals surface area contributed by atoms with Crippen LogP contribution in [0, 0.1) is 0 Å². The van der Waals surface area contributed by atoms with E-state index in [1.54, 1.807) is 0 Å². The molecule has 0 unspecified atom stereocenters. The van der Waals surface area contributed by atoms with Crippen molar-refractivity contribution in [2.75, 3.05) is 4.90 Å². The molecule has 2 aliphatic rings. The summed E-state index contributed by atoms with van der Waals surface area (Å²) < 4.78 is 0. The summed E-state index contributed by atoms with van der Waals surface area (Å²) >= 11 is 0. The predicted octanol–water partition coefficient (Wildman–Crippen LogP) is 13.0. The Hall–Kier alpha value is -6.25. The number of benzene rings is 7. The van der Waals surface area contributed by atoms with Gasteiger partial charge in [-0.3, -0.25) is 4.98 Å². The van der Waals surface area contributed by atoms with Gasteiger partial charge in [0.05, 0.1) is 11.9 Å². The summed E-state index contributed by atoms with van der Waals surface area (Å²) in [6.45, 7) is 4.71. The molecule has 2 aliphatic carbocycles. The van der Waals surface area contributed by atoms with Crippen LogP contribution in [0.5, 0.6) is 0 Å². The number of anilines is 3. The van der Waals surface area contributed by atoms with Crippen LogP contribution in [0.3, 0.4) is 0 Å². The molecule has 0 radical (unpaired) electrons. The van der Waals surface area contributed by atoms with E-state index >= 15 is 0 Å². The average Bonchev–Trinajstić information content (AvgIpc) is 3.62. The topological polar surface area (TPSA) is 16.1 Å². The fraction of sp³-hybridized carbons (Fsp3) is 0.0625. The first-order chi connectivity index (χ1) is 24.6. The molecule has 0 aliphatic heterocycles. The molecule has 0 saturated carbocycles. The van der Waals surface area contributed by atoms with Crippen LogP contribution in [-0.4, -0.2) is 4.98 Å².